The number of hydrogen-bond donors (Lipinski definition) is 0. The van der Waals surface area contributed by atoms with E-state index >= 15 is 0 Å². The fourth-order valence-electron chi connectivity index (χ4n) is 1.80. The molecule has 0 radical (unpaired) electrons. The van der Waals surface area contributed by atoms with Gasteiger partial charge in [-0.1, -0.05) is 0 Å². The smallest absolute Gasteiger partial charge is 0.145 e. The van der Waals surface area contributed by atoms with Crippen LogP contribution in [0.3, 0.4) is 0 Å². The van der Waals surface area contributed by atoms with Crippen LogP contribution in [-0.2, 0) is 17.4 Å². The molecule has 0 saturated heterocycles. The Hall–Kier alpha value is -1.03. The third kappa shape index (κ3) is 2.63. The van der Waals surface area contributed by atoms with Crippen LogP contribution in [0.2, 0.25) is 0 Å². The second-order valence-electron chi connectivity index (χ2n) is 5.38. The van der Waals surface area contributed by atoms with Gasteiger partial charge in [0.1, 0.15) is 11.0 Å². The summed E-state index contributed by atoms with van der Waals surface area (Å²) in [4.78, 5) is 4.29. The monoisotopic (exact) mass is 250 g/mol. The molecule has 1 aliphatic carbocycles. The molecule has 0 amide bonds. The van der Waals surface area contributed by atoms with Crippen molar-refractivity contribution in [2.75, 3.05) is 0 Å². The van der Waals surface area contributed by atoms with Crippen LogP contribution in [-0.4, -0.2) is 19.7 Å². The Morgan fingerprint density at radius 1 is 1.35 bits per heavy atom. The van der Waals surface area contributed by atoms with Crippen molar-refractivity contribution in [3.8, 4) is 0 Å². The summed E-state index contributed by atoms with van der Waals surface area (Å²) >= 11 is 0. The molecule has 1 heterocycles. The van der Waals surface area contributed by atoms with E-state index in [2.05, 4.69) is 15.4 Å². The Morgan fingerprint density at radius 3 is 2.71 bits per heavy atom. The lowest BCUT2D eigenvalue weighted by molar-refractivity contribution is 0.650. The molecule has 0 fully saturated rings. The Bertz CT molecular complexity index is 501. The molecule has 2 rings (SSSR count). The Labute approximate surface area is 105 Å². The number of nitrogens with zero attached hydrogens (tertiary/aromatic N) is 2. The van der Waals surface area contributed by atoms with E-state index in [1.807, 2.05) is 33.9 Å². The summed E-state index contributed by atoms with van der Waals surface area (Å²) in [6.45, 7) is 7.81. The number of fused-ring (bicyclic) bond motifs is 1. The molecule has 3 nitrogen and oxygen atoms in total. The lowest BCUT2D eigenvalue weighted by Crippen LogP contribution is -2.20. The normalized spacial score (nSPS) is 19.4. The van der Waals surface area contributed by atoms with Crippen molar-refractivity contribution in [3.05, 3.63) is 29.1 Å². The van der Waals surface area contributed by atoms with Gasteiger partial charge in [-0.05, 0) is 52.2 Å². The van der Waals surface area contributed by atoms with Crippen molar-refractivity contribution in [2.24, 2.45) is 4.40 Å². The molecule has 0 aromatic carbocycles. The van der Waals surface area contributed by atoms with Crippen molar-refractivity contribution in [1.82, 2.24) is 4.98 Å². The topological polar surface area (TPSA) is 42.3 Å². The van der Waals surface area contributed by atoms with Gasteiger partial charge in [-0.15, -0.1) is 0 Å². The van der Waals surface area contributed by atoms with Crippen molar-refractivity contribution in [3.63, 3.8) is 0 Å². The van der Waals surface area contributed by atoms with Crippen LogP contribution >= 0.6 is 0 Å². The predicted molar refractivity (Wildman–Crippen MR) is 71.7 cm³/mol. The number of hydrogen-bond acceptors (Lipinski definition) is 2. The van der Waals surface area contributed by atoms with Gasteiger partial charge in [0, 0.05) is 17.5 Å². The number of rotatable bonds is 1. The molecule has 1 aromatic rings. The third-order valence-electron chi connectivity index (χ3n) is 2.79. The minimum atomic E-state index is -1.18. The summed E-state index contributed by atoms with van der Waals surface area (Å²) in [5, 5.41) is 0. The SMILES string of the molecule is Cc1cc2c(cn1)C(=NS(=O)C(C)(C)C)CC2. The molecule has 0 aliphatic heterocycles. The summed E-state index contributed by atoms with van der Waals surface area (Å²) in [7, 11) is -1.18. The molecule has 1 atom stereocenters. The number of aryl methyl sites for hydroxylation is 2. The molecule has 1 aliphatic rings. The van der Waals surface area contributed by atoms with E-state index in [0.29, 0.717) is 0 Å². The first-order chi connectivity index (χ1) is 7.88. The zero-order chi connectivity index (χ0) is 12.6. The van der Waals surface area contributed by atoms with Gasteiger partial charge >= 0.3 is 0 Å². The maximum Gasteiger partial charge on any atom is 0.145 e. The molecular weight excluding hydrogens is 232 g/mol. The second kappa shape index (κ2) is 4.33. The van der Waals surface area contributed by atoms with Gasteiger partial charge in [-0.25, -0.2) is 4.21 Å². The molecule has 0 spiro atoms. The van der Waals surface area contributed by atoms with Crippen molar-refractivity contribution in [1.29, 1.82) is 0 Å². The highest BCUT2D eigenvalue weighted by Gasteiger charge is 2.23. The zero-order valence-electron chi connectivity index (χ0n) is 10.8. The molecule has 0 bridgehead atoms. The van der Waals surface area contributed by atoms with E-state index in [9.17, 15) is 4.21 Å². The summed E-state index contributed by atoms with van der Waals surface area (Å²) in [6.07, 6.45) is 3.72. The van der Waals surface area contributed by atoms with E-state index in [4.69, 9.17) is 0 Å². The van der Waals surface area contributed by atoms with Crippen LogP contribution in [0.1, 0.15) is 44.0 Å². The fourth-order valence-corrected chi connectivity index (χ4v) is 2.47. The van der Waals surface area contributed by atoms with Crippen LogP contribution < -0.4 is 0 Å². The van der Waals surface area contributed by atoms with Gasteiger partial charge in [0.25, 0.3) is 0 Å². The van der Waals surface area contributed by atoms with Gasteiger partial charge in [0.05, 0.1) is 10.5 Å². The van der Waals surface area contributed by atoms with Gasteiger partial charge in [-0.3, -0.25) is 4.98 Å². The zero-order valence-corrected chi connectivity index (χ0v) is 11.6. The second-order valence-corrected chi connectivity index (χ2v) is 7.29. The largest absolute Gasteiger partial charge is 0.261 e. The van der Waals surface area contributed by atoms with Crippen molar-refractivity contribution in [2.45, 2.75) is 45.3 Å². The van der Waals surface area contributed by atoms with Crippen LogP contribution in [0, 0.1) is 6.92 Å². The lowest BCUT2D eigenvalue weighted by Gasteiger charge is -2.14. The highest BCUT2D eigenvalue weighted by molar-refractivity contribution is 7.85. The fraction of sp³-hybridized carbons (Fsp3) is 0.538. The third-order valence-corrected chi connectivity index (χ3v) is 4.22. The Balaban J connectivity index is 2.34. The maximum absolute atomic E-state index is 12.0. The molecule has 1 aromatic heterocycles. The van der Waals surface area contributed by atoms with E-state index in [0.717, 1.165) is 29.8 Å². The minimum absolute atomic E-state index is 0.298. The van der Waals surface area contributed by atoms with Crippen molar-refractivity contribution >= 4 is 16.7 Å². The van der Waals surface area contributed by atoms with Gasteiger partial charge in [-0.2, -0.15) is 4.40 Å². The molecular formula is C13H18N2OS. The maximum atomic E-state index is 12.0. The minimum Gasteiger partial charge on any atom is -0.261 e. The average Bonchev–Trinajstić information content (AvgIpc) is 2.59. The molecule has 4 heteroatoms. The summed E-state index contributed by atoms with van der Waals surface area (Å²) < 4.78 is 16.1. The van der Waals surface area contributed by atoms with E-state index in [-0.39, 0.29) is 4.75 Å². The lowest BCUT2D eigenvalue weighted by atomic mass is 10.1. The van der Waals surface area contributed by atoms with Crippen LogP contribution in [0.15, 0.2) is 16.7 Å². The average molecular weight is 250 g/mol. The van der Waals surface area contributed by atoms with E-state index in [1.54, 1.807) is 0 Å². The summed E-state index contributed by atoms with van der Waals surface area (Å²) in [6, 6.07) is 2.10. The predicted octanol–water partition coefficient (Wildman–Crippen LogP) is 2.59. The van der Waals surface area contributed by atoms with Crippen LogP contribution in [0.4, 0.5) is 0 Å². The molecule has 1 unspecified atom stereocenters. The highest BCUT2D eigenvalue weighted by Crippen LogP contribution is 2.24. The van der Waals surface area contributed by atoms with Gasteiger partial charge in [0.15, 0.2) is 0 Å². The molecule has 17 heavy (non-hydrogen) atoms. The first-order valence-corrected chi connectivity index (χ1v) is 6.94. The molecule has 0 saturated carbocycles. The number of pyridine rings is 1. The van der Waals surface area contributed by atoms with Crippen LogP contribution in [0.5, 0.6) is 0 Å². The molecule has 0 N–H and O–H groups in total. The van der Waals surface area contributed by atoms with Crippen molar-refractivity contribution < 1.29 is 4.21 Å². The summed E-state index contributed by atoms with van der Waals surface area (Å²) in [5.74, 6) is 0. The van der Waals surface area contributed by atoms with E-state index in [1.165, 1.54) is 5.56 Å². The summed E-state index contributed by atoms with van der Waals surface area (Å²) in [5.41, 5.74) is 4.33. The first-order valence-electron chi connectivity index (χ1n) is 5.83. The van der Waals surface area contributed by atoms with Gasteiger partial charge in [0.2, 0.25) is 0 Å². The standard InChI is InChI=1S/C13H18N2OS/c1-9-7-10-5-6-12(11(10)8-14-9)15-17(16)13(2,3)4/h7-8H,5-6H2,1-4H3. The van der Waals surface area contributed by atoms with Crippen LogP contribution in [0.25, 0.3) is 0 Å². The van der Waals surface area contributed by atoms with Gasteiger partial charge < -0.3 is 0 Å². The Kier molecular flexibility index (Phi) is 3.17. The number of aromatic nitrogens is 1. The quantitative estimate of drug-likeness (QED) is 0.769. The highest BCUT2D eigenvalue weighted by atomic mass is 32.2. The Morgan fingerprint density at radius 2 is 2.06 bits per heavy atom. The first kappa shape index (κ1) is 12.4. The molecule has 92 valence electrons. The van der Waals surface area contributed by atoms with E-state index < -0.39 is 11.0 Å².